The van der Waals surface area contributed by atoms with E-state index in [9.17, 15) is 0 Å². The maximum Gasteiger partial charge on any atom is 0.337 e. The van der Waals surface area contributed by atoms with Gasteiger partial charge in [0.25, 0.3) is 0 Å². The zero-order chi connectivity index (χ0) is 24.3. The lowest BCUT2D eigenvalue weighted by Gasteiger charge is -2.44. The van der Waals surface area contributed by atoms with Crippen LogP contribution in [-0.4, -0.2) is 89.7 Å². The van der Waals surface area contributed by atoms with Gasteiger partial charge in [0, 0.05) is 24.2 Å². The molecule has 188 valence electrons. The van der Waals surface area contributed by atoms with Crippen molar-refractivity contribution >= 4 is 34.7 Å². The maximum absolute atomic E-state index is 7.08. The lowest BCUT2D eigenvalue weighted by atomic mass is 10.5. The maximum atomic E-state index is 7.08. The van der Waals surface area contributed by atoms with Crippen LogP contribution >= 0.6 is 0 Å². The Labute approximate surface area is 200 Å². The molecule has 0 bridgehead atoms. The van der Waals surface area contributed by atoms with Crippen LogP contribution in [0.4, 0.5) is 0 Å². The van der Waals surface area contributed by atoms with Crippen molar-refractivity contribution in [2.45, 2.75) is 104 Å². The first-order valence-corrected chi connectivity index (χ1v) is 23.1. The minimum atomic E-state index is -2.23. The van der Waals surface area contributed by atoms with E-state index in [-0.39, 0.29) is 9.52 Å². The quantitative estimate of drug-likeness (QED) is 0.191. The number of hydrogen-bond donors (Lipinski definition) is 0. The topological polar surface area (TPSA) is 34.2 Å². The molecule has 0 saturated heterocycles. The first-order valence-electron chi connectivity index (χ1n) is 12.8. The van der Waals surface area contributed by atoms with E-state index < -0.39 is 25.2 Å². The second-order valence-corrected chi connectivity index (χ2v) is 24.9. The van der Waals surface area contributed by atoms with E-state index in [0.717, 1.165) is 39.4 Å². The van der Waals surface area contributed by atoms with Crippen molar-refractivity contribution in [3.63, 3.8) is 0 Å². The predicted octanol–water partition coefficient (Wildman–Crippen LogP) is 5.04. The van der Waals surface area contributed by atoms with Gasteiger partial charge in [0.15, 0.2) is 16.6 Å². The minimum Gasteiger partial charge on any atom is -0.455 e. The molecule has 0 N–H and O–H groups in total. The fourth-order valence-electron chi connectivity index (χ4n) is 4.94. The second kappa shape index (κ2) is 14.8. The summed E-state index contributed by atoms with van der Waals surface area (Å²) in [5.41, 5.74) is 0. The first-order chi connectivity index (χ1) is 14.4. The third kappa shape index (κ3) is 10.2. The molecule has 0 radical (unpaired) electrons. The van der Waals surface area contributed by atoms with Gasteiger partial charge in [0.05, 0.1) is 9.52 Å². The van der Waals surface area contributed by atoms with Crippen LogP contribution in [0.1, 0.15) is 48.5 Å². The van der Waals surface area contributed by atoms with Crippen LogP contribution in [0.5, 0.6) is 0 Å². The van der Waals surface area contributed by atoms with Crippen LogP contribution < -0.4 is 0 Å². The van der Waals surface area contributed by atoms with Crippen molar-refractivity contribution in [3.05, 3.63) is 0 Å². The van der Waals surface area contributed by atoms with Gasteiger partial charge < -0.3 is 13.0 Å². The van der Waals surface area contributed by atoms with Crippen LogP contribution in [0.15, 0.2) is 0 Å². The SMILES string of the molecule is CCO[Si](C)(OCC)C(C)[Si](C)(C)O[Si](C)(C)CC[SiH2]C(N(CC)CC)N(CC)CC. The van der Waals surface area contributed by atoms with Gasteiger partial charge in [-0.1, -0.05) is 40.7 Å². The van der Waals surface area contributed by atoms with Gasteiger partial charge >= 0.3 is 8.56 Å². The Morgan fingerprint density at radius 2 is 1.16 bits per heavy atom. The Kier molecular flexibility index (Phi) is 15.1. The van der Waals surface area contributed by atoms with Crippen molar-refractivity contribution in [2.24, 2.45) is 0 Å². The molecule has 1 atom stereocenters. The molecule has 0 saturated carbocycles. The van der Waals surface area contributed by atoms with E-state index in [1.165, 1.54) is 12.1 Å². The van der Waals surface area contributed by atoms with Gasteiger partial charge in [-0.15, -0.1) is 0 Å². The van der Waals surface area contributed by atoms with Crippen molar-refractivity contribution in [1.82, 2.24) is 9.80 Å². The fourth-order valence-corrected chi connectivity index (χ4v) is 25.9. The van der Waals surface area contributed by atoms with Gasteiger partial charge in [-0.2, -0.15) is 0 Å². The fraction of sp³-hybridized carbons (Fsp3) is 1.00. The van der Waals surface area contributed by atoms with Crippen LogP contribution in [0.3, 0.4) is 0 Å². The molecule has 31 heavy (non-hydrogen) atoms. The molecule has 0 heterocycles. The molecule has 0 fully saturated rings. The predicted molar refractivity (Wildman–Crippen MR) is 148 cm³/mol. The molecular formula is C22H56N2O3Si4. The largest absolute Gasteiger partial charge is 0.455 e. The standard InChI is InChI=1S/C22H56N2O3Si4/c1-13-23(14-2)22(24(15-3)16-4)28-19-20-29(8,9)27-30(10,11)21(7)31(12,25-17-5)26-18-6/h21-22H,13-20,28H2,1-12H3. The lowest BCUT2D eigenvalue weighted by molar-refractivity contribution is 0.115. The van der Waals surface area contributed by atoms with Crippen molar-refractivity contribution in [1.29, 1.82) is 0 Å². The highest BCUT2D eigenvalue weighted by molar-refractivity contribution is 6.94. The summed E-state index contributed by atoms with van der Waals surface area (Å²) in [7, 11) is -6.13. The highest BCUT2D eigenvalue weighted by Crippen LogP contribution is 2.36. The lowest BCUT2D eigenvalue weighted by Crippen LogP contribution is -2.57. The Morgan fingerprint density at radius 1 is 0.742 bits per heavy atom. The summed E-state index contributed by atoms with van der Waals surface area (Å²) in [6.45, 7) is 33.7. The van der Waals surface area contributed by atoms with Gasteiger partial charge in [-0.3, -0.25) is 9.80 Å². The van der Waals surface area contributed by atoms with E-state index in [1.807, 2.05) is 0 Å². The Balaban J connectivity index is 5.18. The zero-order valence-electron chi connectivity index (χ0n) is 23.1. The van der Waals surface area contributed by atoms with Gasteiger partial charge in [0.2, 0.25) is 0 Å². The molecule has 0 rings (SSSR count). The zero-order valence-corrected chi connectivity index (χ0v) is 27.6. The van der Waals surface area contributed by atoms with E-state index in [4.69, 9.17) is 13.0 Å². The van der Waals surface area contributed by atoms with Crippen LogP contribution in [0, 0.1) is 0 Å². The molecule has 5 nitrogen and oxygen atoms in total. The summed E-state index contributed by atoms with van der Waals surface area (Å²) < 4.78 is 19.5. The van der Waals surface area contributed by atoms with Gasteiger partial charge in [-0.25, -0.2) is 0 Å². The molecule has 0 aliphatic carbocycles. The monoisotopic (exact) mass is 508 g/mol. The summed E-state index contributed by atoms with van der Waals surface area (Å²) in [6, 6.07) is 2.66. The second-order valence-electron chi connectivity index (χ2n) is 9.88. The summed E-state index contributed by atoms with van der Waals surface area (Å²) in [5, 5.41) is 0.406. The molecular weight excluding hydrogens is 453 g/mol. The highest BCUT2D eigenvalue weighted by Gasteiger charge is 2.50. The molecule has 0 aromatic rings. The Morgan fingerprint density at radius 3 is 1.52 bits per heavy atom. The van der Waals surface area contributed by atoms with Crippen molar-refractivity contribution in [3.8, 4) is 0 Å². The highest BCUT2D eigenvalue weighted by atomic mass is 28.5. The molecule has 0 aromatic heterocycles. The van der Waals surface area contributed by atoms with Crippen molar-refractivity contribution in [2.75, 3.05) is 39.4 Å². The third-order valence-electron chi connectivity index (χ3n) is 6.94. The van der Waals surface area contributed by atoms with E-state index in [1.54, 1.807) is 0 Å². The Hall–Kier alpha value is 0.668. The summed E-state index contributed by atoms with van der Waals surface area (Å²) in [4.78, 5) is 5.35. The average molecular weight is 509 g/mol. The van der Waals surface area contributed by atoms with E-state index >= 15 is 0 Å². The van der Waals surface area contributed by atoms with Crippen LogP contribution in [-0.2, 0) is 13.0 Å². The first kappa shape index (κ1) is 31.7. The molecule has 0 aromatic carbocycles. The van der Waals surface area contributed by atoms with Crippen molar-refractivity contribution < 1.29 is 13.0 Å². The molecule has 1 unspecified atom stereocenters. The van der Waals surface area contributed by atoms with Gasteiger partial charge in [0.1, 0.15) is 0 Å². The third-order valence-corrected chi connectivity index (χ3v) is 24.9. The van der Waals surface area contributed by atoms with E-state index in [0.29, 0.717) is 11.0 Å². The number of hydrogen-bond acceptors (Lipinski definition) is 5. The molecule has 0 aliphatic heterocycles. The summed E-state index contributed by atoms with van der Waals surface area (Å²) in [5.74, 6) is 0.686. The average Bonchev–Trinajstić information content (AvgIpc) is 2.68. The molecule has 0 amide bonds. The Bertz CT molecular complexity index is 458. The summed E-state index contributed by atoms with van der Waals surface area (Å²) in [6.07, 6.45) is 0. The van der Waals surface area contributed by atoms with Crippen LogP contribution in [0.2, 0.25) is 50.0 Å². The molecule has 0 spiro atoms. The normalized spacial score (nSPS) is 15.2. The minimum absolute atomic E-state index is 0.228. The smallest absolute Gasteiger partial charge is 0.337 e. The van der Waals surface area contributed by atoms with E-state index in [2.05, 4.69) is 91.0 Å². The van der Waals surface area contributed by atoms with Crippen LogP contribution in [0.25, 0.3) is 0 Å². The molecule has 0 aliphatic rings. The number of nitrogens with zero attached hydrogens (tertiary/aromatic N) is 2. The molecule has 9 heteroatoms. The van der Waals surface area contributed by atoms with Gasteiger partial charge in [-0.05, 0) is 78.8 Å². The summed E-state index contributed by atoms with van der Waals surface area (Å²) >= 11 is 0. The number of rotatable bonds is 18.